The Morgan fingerprint density at radius 3 is 2.67 bits per heavy atom. The first-order valence-corrected chi connectivity index (χ1v) is 7.38. The van der Waals surface area contributed by atoms with Crippen LogP contribution in [-0.4, -0.2) is 52.1 Å². The fourth-order valence-corrected chi connectivity index (χ4v) is 2.67. The molecule has 1 fully saturated rings. The van der Waals surface area contributed by atoms with E-state index in [0.717, 1.165) is 0 Å². The number of benzene rings is 1. The van der Waals surface area contributed by atoms with Gasteiger partial charge < -0.3 is 14.7 Å². The Kier molecular flexibility index (Phi) is 4.17. The normalized spacial score (nSPS) is 14.6. The summed E-state index contributed by atoms with van der Waals surface area (Å²) in [5, 5.41) is 24.7. The van der Waals surface area contributed by atoms with Crippen LogP contribution in [-0.2, 0) is 4.74 Å². The van der Waals surface area contributed by atoms with Crippen molar-refractivity contribution in [3.8, 4) is 5.69 Å². The number of rotatable bonds is 4. The molecule has 0 amide bonds. The number of nitrogens with zero attached hydrogens (tertiary/aromatic N) is 4. The first-order chi connectivity index (χ1) is 11.5. The maximum absolute atomic E-state index is 11.5. The molecule has 1 aliphatic rings. The first-order valence-electron chi connectivity index (χ1n) is 7.38. The third-order valence-electron chi connectivity index (χ3n) is 3.90. The van der Waals surface area contributed by atoms with Crippen LogP contribution in [0.2, 0.25) is 0 Å². The number of aryl methyl sites for hydroxylation is 1. The van der Waals surface area contributed by atoms with Crippen molar-refractivity contribution in [2.24, 2.45) is 0 Å². The molecule has 126 valence electrons. The molecule has 1 aromatic heterocycles. The number of morpholine rings is 1. The van der Waals surface area contributed by atoms with Crippen LogP contribution in [0.1, 0.15) is 16.1 Å². The van der Waals surface area contributed by atoms with E-state index >= 15 is 0 Å². The number of aromatic carboxylic acids is 1. The van der Waals surface area contributed by atoms with Gasteiger partial charge in [0.05, 0.1) is 29.5 Å². The lowest BCUT2D eigenvalue weighted by Crippen LogP contribution is -2.36. The molecule has 24 heavy (non-hydrogen) atoms. The zero-order valence-corrected chi connectivity index (χ0v) is 13.0. The van der Waals surface area contributed by atoms with E-state index in [1.807, 2.05) is 4.90 Å². The lowest BCUT2D eigenvalue weighted by molar-refractivity contribution is -0.384. The Hall–Kier alpha value is -2.94. The summed E-state index contributed by atoms with van der Waals surface area (Å²) in [5.41, 5.74) is 1.33. The summed E-state index contributed by atoms with van der Waals surface area (Å²) in [6, 6.07) is 4.76. The van der Waals surface area contributed by atoms with Crippen molar-refractivity contribution in [3.63, 3.8) is 0 Å². The minimum absolute atomic E-state index is 0.0422. The predicted molar refractivity (Wildman–Crippen MR) is 84.9 cm³/mol. The van der Waals surface area contributed by atoms with Crippen molar-refractivity contribution in [2.45, 2.75) is 6.92 Å². The van der Waals surface area contributed by atoms with Crippen molar-refractivity contribution in [1.82, 2.24) is 9.78 Å². The second-order valence-corrected chi connectivity index (χ2v) is 5.41. The van der Waals surface area contributed by atoms with E-state index in [-0.39, 0.29) is 11.3 Å². The van der Waals surface area contributed by atoms with Crippen LogP contribution in [0.5, 0.6) is 0 Å². The molecule has 1 N–H and O–H groups in total. The Labute approximate surface area is 137 Å². The number of aromatic nitrogens is 2. The summed E-state index contributed by atoms with van der Waals surface area (Å²) in [5.74, 6) is -1.09. The summed E-state index contributed by atoms with van der Waals surface area (Å²) in [6.07, 6.45) is 1.35. The monoisotopic (exact) mass is 332 g/mol. The SMILES string of the molecule is Cc1nn(-c2ccc(N3CCOCC3)c([N+](=O)[O-])c2)cc1C(=O)O. The zero-order chi connectivity index (χ0) is 17.3. The van der Waals surface area contributed by atoms with Crippen LogP contribution in [0, 0.1) is 17.0 Å². The Balaban J connectivity index is 2.01. The van der Waals surface area contributed by atoms with E-state index in [2.05, 4.69) is 5.10 Å². The van der Waals surface area contributed by atoms with Gasteiger partial charge in [0.15, 0.2) is 0 Å². The van der Waals surface area contributed by atoms with Gasteiger partial charge in [-0.15, -0.1) is 0 Å². The highest BCUT2D eigenvalue weighted by molar-refractivity contribution is 5.88. The molecule has 0 spiro atoms. The fourth-order valence-electron chi connectivity index (χ4n) is 2.67. The third-order valence-corrected chi connectivity index (χ3v) is 3.90. The van der Waals surface area contributed by atoms with Gasteiger partial charge in [-0.1, -0.05) is 0 Å². The van der Waals surface area contributed by atoms with E-state index in [4.69, 9.17) is 9.84 Å². The van der Waals surface area contributed by atoms with Crippen LogP contribution < -0.4 is 4.90 Å². The van der Waals surface area contributed by atoms with Gasteiger partial charge >= 0.3 is 5.97 Å². The summed E-state index contributed by atoms with van der Waals surface area (Å²) < 4.78 is 6.61. The molecule has 1 saturated heterocycles. The van der Waals surface area contributed by atoms with Gasteiger partial charge in [0.25, 0.3) is 5.69 Å². The minimum Gasteiger partial charge on any atom is -0.478 e. The highest BCUT2D eigenvalue weighted by atomic mass is 16.6. The average Bonchev–Trinajstić information content (AvgIpc) is 2.97. The smallest absolute Gasteiger partial charge is 0.339 e. The number of carbonyl (C=O) groups is 1. The molecule has 0 atom stereocenters. The lowest BCUT2D eigenvalue weighted by atomic mass is 10.2. The van der Waals surface area contributed by atoms with Crippen molar-refractivity contribution < 1.29 is 19.6 Å². The topological polar surface area (TPSA) is 111 Å². The van der Waals surface area contributed by atoms with E-state index < -0.39 is 10.9 Å². The number of nitro groups is 1. The second kappa shape index (κ2) is 6.28. The molecule has 9 heteroatoms. The van der Waals surface area contributed by atoms with Gasteiger partial charge in [0.2, 0.25) is 0 Å². The Morgan fingerprint density at radius 1 is 1.38 bits per heavy atom. The molecule has 0 saturated carbocycles. The Bertz CT molecular complexity index is 795. The van der Waals surface area contributed by atoms with Crippen molar-refractivity contribution in [2.75, 3.05) is 31.2 Å². The van der Waals surface area contributed by atoms with Crippen molar-refractivity contribution in [1.29, 1.82) is 0 Å². The van der Waals surface area contributed by atoms with Crippen LogP contribution in [0.4, 0.5) is 11.4 Å². The molecule has 0 radical (unpaired) electrons. The molecule has 3 rings (SSSR count). The predicted octanol–water partition coefficient (Wildman–Crippen LogP) is 1.62. The van der Waals surface area contributed by atoms with Crippen LogP contribution in [0.15, 0.2) is 24.4 Å². The highest BCUT2D eigenvalue weighted by Gasteiger charge is 2.23. The number of hydrogen-bond donors (Lipinski definition) is 1. The number of nitro benzene ring substituents is 1. The summed E-state index contributed by atoms with van der Waals surface area (Å²) in [7, 11) is 0. The molecule has 0 aliphatic carbocycles. The summed E-state index contributed by atoms with van der Waals surface area (Å²) in [6.45, 7) is 3.81. The van der Waals surface area contributed by atoms with Gasteiger partial charge in [-0.2, -0.15) is 5.10 Å². The van der Waals surface area contributed by atoms with Gasteiger partial charge in [-0.25, -0.2) is 9.48 Å². The van der Waals surface area contributed by atoms with E-state index in [1.54, 1.807) is 19.1 Å². The molecule has 0 bridgehead atoms. The van der Waals surface area contributed by atoms with Gasteiger partial charge in [-0.3, -0.25) is 10.1 Å². The Morgan fingerprint density at radius 2 is 2.08 bits per heavy atom. The van der Waals surface area contributed by atoms with Crippen molar-refractivity contribution in [3.05, 3.63) is 45.8 Å². The van der Waals surface area contributed by atoms with Crippen LogP contribution in [0.3, 0.4) is 0 Å². The number of carboxylic acids is 1. The number of ether oxygens (including phenoxy) is 1. The first kappa shape index (κ1) is 15.9. The maximum Gasteiger partial charge on any atom is 0.339 e. The molecule has 2 heterocycles. The van der Waals surface area contributed by atoms with E-state index in [1.165, 1.54) is 16.9 Å². The van der Waals surface area contributed by atoms with Gasteiger partial charge in [0, 0.05) is 25.4 Å². The zero-order valence-electron chi connectivity index (χ0n) is 13.0. The van der Waals surface area contributed by atoms with Crippen LogP contribution in [0.25, 0.3) is 5.69 Å². The van der Waals surface area contributed by atoms with Crippen molar-refractivity contribution >= 4 is 17.3 Å². The molecule has 1 aliphatic heterocycles. The maximum atomic E-state index is 11.5. The van der Waals surface area contributed by atoms with E-state index in [0.29, 0.717) is 43.4 Å². The van der Waals surface area contributed by atoms with Gasteiger partial charge in [0.1, 0.15) is 11.3 Å². The average molecular weight is 332 g/mol. The highest BCUT2D eigenvalue weighted by Crippen LogP contribution is 2.31. The number of hydrogen-bond acceptors (Lipinski definition) is 6. The number of carboxylic acid groups (broad SMARTS) is 1. The standard InChI is InChI=1S/C15H16N4O5/c1-10-12(15(20)21)9-18(16-10)11-2-3-13(14(8-11)19(22)23)17-4-6-24-7-5-17/h2-3,8-9H,4-7H2,1H3,(H,20,21). The minimum atomic E-state index is -1.09. The fraction of sp³-hybridized carbons (Fsp3) is 0.333. The second-order valence-electron chi connectivity index (χ2n) is 5.41. The molecular formula is C15H16N4O5. The van der Waals surface area contributed by atoms with Gasteiger partial charge in [-0.05, 0) is 19.1 Å². The third kappa shape index (κ3) is 2.93. The molecule has 1 aromatic carbocycles. The number of anilines is 1. The molecule has 2 aromatic rings. The molecular weight excluding hydrogens is 316 g/mol. The van der Waals surface area contributed by atoms with E-state index in [9.17, 15) is 14.9 Å². The molecule has 9 nitrogen and oxygen atoms in total. The quantitative estimate of drug-likeness (QED) is 0.669. The largest absolute Gasteiger partial charge is 0.478 e. The summed E-state index contributed by atoms with van der Waals surface area (Å²) >= 11 is 0. The summed E-state index contributed by atoms with van der Waals surface area (Å²) in [4.78, 5) is 24.0. The van der Waals surface area contributed by atoms with Crippen LogP contribution >= 0.6 is 0 Å². The molecule has 0 unspecified atom stereocenters. The lowest BCUT2D eigenvalue weighted by Gasteiger charge is -2.28.